The van der Waals surface area contributed by atoms with E-state index in [0.717, 1.165) is 16.6 Å². The maximum atomic E-state index is 12.4. The lowest BCUT2D eigenvalue weighted by Crippen LogP contribution is -2.35. The second-order valence-corrected chi connectivity index (χ2v) is 6.13. The van der Waals surface area contributed by atoms with Crippen molar-refractivity contribution in [3.63, 3.8) is 0 Å². The predicted octanol–water partition coefficient (Wildman–Crippen LogP) is 3.24. The number of nitrogens with two attached hydrogens (primary N) is 1. The molecule has 3 nitrogen and oxygen atoms in total. The minimum absolute atomic E-state index is 0.00257. The van der Waals surface area contributed by atoms with Gasteiger partial charge in [-0.2, -0.15) is 11.8 Å². The van der Waals surface area contributed by atoms with Crippen molar-refractivity contribution in [2.75, 3.05) is 24.8 Å². The van der Waals surface area contributed by atoms with Crippen molar-refractivity contribution in [2.45, 2.75) is 19.4 Å². The van der Waals surface area contributed by atoms with E-state index < -0.39 is 0 Å². The van der Waals surface area contributed by atoms with E-state index in [9.17, 15) is 4.79 Å². The van der Waals surface area contributed by atoms with Gasteiger partial charge in [0.1, 0.15) is 0 Å². The summed E-state index contributed by atoms with van der Waals surface area (Å²) in [5.41, 5.74) is 6.95. The van der Waals surface area contributed by atoms with E-state index >= 15 is 0 Å². The van der Waals surface area contributed by atoms with Crippen LogP contribution in [0.25, 0.3) is 0 Å². The first kappa shape index (κ1) is 15.4. The van der Waals surface area contributed by atoms with Gasteiger partial charge < -0.3 is 10.6 Å². The molecule has 2 N–H and O–H groups in total. The van der Waals surface area contributed by atoms with Crippen LogP contribution in [0.5, 0.6) is 0 Å². The fourth-order valence-corrected chi connectivity index (χ4v) is 2.57. The first-order chi connectivity index (χ1) is 8.47. The van der Waals surface area contributed by atoms with Crippen molar-refractivity contribution >= 4 is 39.3 Å². The zero-order valence-corrected chi connectivity index (χ0v) is 13.3. The monoisotopic (exact) mass is 330 g/mol. The third-order valence-electron chi connectivity index (χ3n) is 2.94. The Hall–Kier alpha value is -0.680. The number of hydrogen-bond acceptors (Lipinski definition) is 3. The number of rotatable bonds is 5. The summed E-state index contributed by atoms with van der Waals surface area (Å²) in [5, 5.41) is 0. The second-order valence-electron chi connectivity index (χ2n) is 4.29. The van der Waals surface area contributed by atoms with Crippen molar-refractivity contribution in [3.05, 3.63) is 28.2 Å². The topological polar surface area (TPSA) is 46.3 Å². The maximum absolute atomic E-state index is 12.4. The average Bonchev–Trinajstić information content (AvgIpc) is 2.37. The van der Waals surface area contributed by atoms with Crippen molar-refractivity contribution in [2.24, 2.45) is 0 Å². The van der Waals surface area contributed by atoms with Crippen LogP contribution in [0, 0.1) is 0 Å². The van der Waals surface area contributed by atoms with E-state index in [-0.39, 0.29) is 11.9 Å². The molecule has 1 aromatic rings. The molecule has 0 aliphatic heterocycles. The number of benzene rings is 1. The molecule has 18 heavy (non-hydrogen) atoms. The van der Waals surface area contributed by atoms with Crippen molar-refractivity contribution in [3.8, 4) is 0 Å². The molecule has 1 atom stereocenters. The number of nitrogen functional groups attached to an aromatic ring is 1. The summed E-state index contributed by atoms with van der Waals surface area (Å²) >= 11 is 5.19. The van der Waals surface area contributed by atoms with Crippen LogP contribution in [0.15, 0.2) is 22.7 Å². The number of hydrogen-bond donors (Lipinski definition) is 1. The van der Waals surface area contributed by atoms with Crippen LogP contribution in [-0.2, 0) is 0 Å². The molecule has 0 bridgehead atoms. The minimum atomic E-state index is 0.00257. The van der Waals surface area contributed by atoms with Gasteiger partial charge in [0.25, 0.3) is 5.91 Å². The highest BCUT2D eigenvalue weighted by Crippen LogP contribution is 2.22. The lowest BCUT2D eigenvalue weighted by Gasteiger charge is -2.25. The molecule has 1 aromatic carbocycles. The van der Waals surface area contributed by atoms with Crippen LogP contribution in [0.4, 0.5) is 5.69 Å². The highest BCUT2D eigenvalue weighted by atomic mass is 79.9. The Balaban J connectivity index is 2.82. The number of anilines is 1. The van der Waals surface area contributed by atoms with Crippen LogP contribution in [0.3, 0.4) is 0 Å². The first-order valence-electron chi connectivity index (χ1n) is 5.78. The Morgan fingerprint density at radius 2 is 2.22 bits per heavy atom. The molecule has 5 heteroatoms. The number of halogens is 1. The third-order valence-corrected chi connectivity index (χ3v) is 4.28. The maximum Gasteiger partial charge on any atom is 0.255 e. The van der Waals surface area contributed by atoms with E-state index in [1.165, 1.54) is 0 Å². The predicted molar refractivity (Wildman–Crippen MR) is 83.1 cm³/mol. The molecule has 100 valence electrons. The number of carbonyl (C=O) groups excluding carboxylic acids is 1. The SMILES string of the molecule is CSCCC(C)N(C)C(=O)c1cc(N)ccc1Br. The molecule has 1 amide bonds. The Kier molecular flexibility index (Phi) is 6.02. The Bertz CT molecular complexity index is 425. The van der Waals surface area contributed by atoms with Crippen LogP contribution in [0.2, 0.25) is 0 Å². The zero-order chi connectivity index (χ0) is 13.7. The fraction of sp³-hybridized carbons (Fsp3) is 0.462. The van der Waals surface area contributed by atoms with Gasteiger partial charge in [-0.3, -0.25) is 4.79 Å². The van der Waals surface area contributed by atoms with E-state index in [1.54, 1.807) is 28.8 Å². The van der Waals surface area contributed by atoms with Gasteiger partial charge in [0.05, 0.1) is 5.56 Å². The number of thioether (sulfide) groups is 1. The van der Waals surface area contributed by atoms with Crippen molar-refractivity contribution in [1.29, 1.82) is 0 Å². The van der Waals surface area contributed by atoms with Gasteiger partial charge in [-0.25, -0.2) is 0 Å². The molecular weight excluding hydrogens is 312 g/mol. The standard InChI is InChI=1S/C13H19BrN2OS/c1-9(6-7-18-3)16(2)13(17)11-8-10(15)4-5-12(11)14/h4-5,8-9H,6-7,15H2,1-3H3. The summed E-state index contributed by atoms with van der Waals surface area (Å²) in [6.45, 7) is 2.06. The Morgan fingerprint density at radius 3 is 2.83 bits per heavy atom. The normalized spacial score (nSPS) is 12.2. The summed E-state index contributed by atoms with van der Waals surface area (Å²) in [4.78, 5) is 14.1. The van der Waals surface area contributed by atoms with Crippen molar-refractivity contribution in [1.82, 2.24) is 4.90 Å². The number of nitrogens with zero attached hydrogens (tertiary/aromatic N) is 1. The van der Waals surface area contributed by atoms with Gasteiger partial charge in [-0.05, 0) is 59.5 Å². The zero-order valence-electron chi connectivity index (χ0n) is 10.9. The lowest BCUT2D eigenvalue weighted by atomic mass is 10.1. The molecule has 0 heterocycles. The van der Waals surface area contributed by atoms with E-state index in [2.05, 4.69) is 29.1 Å². The van der Waals surface area contributed by atoms with Gasteiger partial charge in [0.15, 0.2) is 0 Å². The minimum Gasteiger partial charge on any atom is -0.399 e. The summed E-state index contributed by atoms with van der Waals surface area (Å²) in [6, 6.07) is 5.52. The van der Waals surface area contributed by atoms with Gasteiger partial charge in [0.2, 0.25) is 0 Å². The summed E-state index contributed by atoms with van der Waals surface area (Å²) < 4.78 is 0.783. The van der Waals surface area contributed by atoms with E-state index in [4.69, 9.17) is 5.73 Å². The quantitative estimate of drug-likeness (QED) is 0.843. The molecule has 0 radical (unpaired) electrons. The molecule has 1 rings (SSSR count). The molecule has 0 aliphatic rings. The van der Waals surface area contributed by atoms with Gasteiger partial charge in [0, 0.05) is 23.2 Å². The molecule has 0 saturated carbocycles. The van der Waals surface area contributed by atoms with Crippen LogP contribution in [-0.4, -0.2) is 35.9 Å². The van der Waals surface area contributed by atoms with Gasteiger partial charge >= 0.3 is 0 Å². The average molecular weight is 331 g/mol. The summed E-state index contributed by atoms with van der Waals surface area (Å²) in [7, 11) is 1.84. The van der Waals surface area contributed by atoms with Gasteiger partial charge in [-0.15, -0.1) is 0 Å². The van der Waals surface area contributed by atoms with E-state index in [1.807, 2.05) is 13.1 Å². The number of carbonyl (C=O) groups is 1. The van der Waals surface area contributed by atoms with Gasteiger partial charge in [-0.1, -0.05) is 0 Å². The Labute approximate surface area is 121 Å². The fourth-order valence-electron chi connectivity index (χ4n) is 1.58. The third kappa shape index (κ3) is 3.92. The molecule has 0 fully saturated rings. The van der Waals surface area contributed by atoms with Crippen LogP contribution >= 0.6 is 27.7 Å². The highest BCUT2D eigenvalue weighted by Gasteiger charge is 2.19. The van der Waals surface area contributed by atoms with Crippen LogP contribution < -0.4 is 5.73 Å². The molecule has 1 unspecified atom stereocenters. The molecule has 0 saturated heterocycles. The van der Waals surface area contributed by atoms with Crippen LogP contribution in [0.1, 0.15) is 23.7 Å². The van der Waals surface area contributed by atoms with E-state index in [0.29, 0.717) is 11.3 Å². The molecule has 0 aromatic heterocycles. The molecule has 0 spiro atoms. The largest absolute Gasteiger partial charge is 0.399 e. The molecular formula is C13H19BrN2OS. The smallest absolute Gasteiger partial charge is 0.255 e. The first-order valence-corrected chi connectivity index (χ1v) is 7.97. The highest BCUT2D eigenvalue weighted by molar-refractivity contribution is 9.10. The lowest BCUT2D eigenvalue weighted by molar-refractivity contribution is 0.0740. The van der Waals surface area contributed by atoms with Crippen molar-refractivity contribution < 1.29 is 4.79 Å². The second kappa shape index (κ2) is 7.04. The Morgan fingerprint density at radius 1 is 1.56 bits per heavy atom. The summed E-state index contributed by atoms with van der Waals surface area (Å²) in [6.07, 6.45) is 3.06. The molecule has 0 aliphatic carbocycles. The summed E-state index contributed by atoms with van der Waals surface area (Å²) in [5.74, 6) is 1.06. The number of amides is 1.